The second kappa shape index (κ2) is 7.45. The summed E-state index contributed by atoms with van der Waals surface area (Å²) >= 11 is 1.63. The van der Waals surface area contributed by atoms with E-state index in [0.717, 1.165) is 0 Å². The first kappa shape index (κ1) is 18.4. The number of rotatable bonds is 4. The van der Waals surface area contributed by atoms with Crippen LogP contribution in [0.1, 0.15) is 23.2 Å². The molecule has 1 amide bonds. The highest BCUT2D eigenvalue weighted by Crippen LogP contribution is 2.28. The summed E-state index contributed by atoms with van der Waals surface area (Å²) in [6.45, 7) is 0. The zero-order valence-electron chi connectivity index (χ0n) is 13.8. The summed E-state index contributed by atoms with van der Waals surface area (Å²) < 4.78 is 27.5. The minimum atomic E-state index is -1.36. The lowest BCUT2D eigenvalue weighted by Gasteiger charge is -2.33. The summed E-state index contributed by atoms with van der Waals surface area (Å²) in [5.74, 6) is -1.75. The molecule has 7 heteroatoms. The molecule has 136 valence electrons. The van der Waals surface area contributed by atoms with Gasteiger partial charge in [-0.1, -0.05) is 18.2 Å². The van der Waals surface area contributed by atoms with E-state index in [9.17, 15) is 23.5 Å². The molecule has 26 heavy (non-hydrogen) atoms. The third-order valence-corrected chi connectivity index (χ3v) is 5.49. The van der Waals surface area contributed by atoms with Crippen LogP contribution < -0.4 is 5.32 Å². The van der Waals surface area contributed by atoms with E-state index in [1.165, 1.54) is 36.4 Å². The fourth-order valence-electron chi connectivity index (χ4n) is 2.92. The fraction of sp³-hybridized carbons (Fsp3) is 0.263. The van der Waals surface area contributed by atoms with Gasteiger partial charge < -0.3 is 10.4 Å². The molecule has 2 aromatic carbocycles. The molecule has 0 saturated carbocycles. The normalized spacial score (nSPS) is 16.1. The molecule has 4 nitrogen and oxygen atoms in total. The monoisotopic (exact) mass is 377 g/mol. The summed E-state index contributed by atoms with van der Waals surface area (Å²) in [4.78, 5) is 24.1. The van der Waals surface area contributed by atoms with E-state index in [-0.39, 0.29) is 5.56 Å². The lowest BCUT2D eigenvalue weighted by atomic mass is 9.91. The highest BCUT2D eigenvalue weighted by Gasteiger charge is 2.41. The quantitative estimate of drug-likeness (QED) is 0.852. The molecule has 0 unspecified atom stereocenters. The van der Waals surface area contributed by atoms with Gasteiger partial charge in [-0.05, 0) is 59.7 Å². The maximum absolute atomic E-state index is 14.5. The van der Waals surface area contributed by atoms with Crippen LogP contribution in [-0.4, -0.2) is 34.0 Å². The van der Waals surface area contributed by atoms with Gasteiger partial charge in [-0.3, -0.25) is 4.79 Å². The van der Waals surface area contributed by atoms with Crippen LogP contribution in [0.5, 0.6) is 0 Å². The number of halogens is 2. The van der Waals surface area contributed by atoms with Crippen LogP contribution in [-0.2, 0) is 4.79 Å². The third-order valence-electron chi connectivity index (χ3n) is 4.50. The maximum Gasteiger partial charge on any atom is 0.329 e. The number of hydrogen-bond acceptors (Lipinski definition) is 3. The maximum atomic E-state index is 14.5. The number of carboxylic acid groups (broad SMARTS) is 1. The van der Waals surface area contributed by atoms with E-state index >= 15 is 0 Å². The van der Waals surface area contributed by atoms with Crippen LogP contribution in [0.4, 0.5) is 8.78 Å². The molecule has 0 aliphatic carbocycles. The minimum absolute atomic E-state index is 0.213. The van der Waals surface area contributed by atoms with Crippen LogP contribution in [0.3, 0.4) is 0 Å². The predicted molar refractivity (Wildman–Crippen MR) is 96.2 cm³/mol. The van der Waals surface area contributed by atoms with E-state index in [2.05, 4.69) is 5.32 Å². The van der Waals surface area contributed by atoms with Gasteiger partial charge in [0.2, 0.25) is 0 Å². The smallest absolute Gasteiger partial charge is 0.329 e. The van der Waals surface area contributed by atoms with Gasteiger partial charge in [0.15, 0.2) is 0 Å². The summed E-state index contributed by atoms with van der Waals surface area (Å²) in [5, 5.41) is 12.0. The average Bonchev–Trinajstić information content (AvgIpc) is 2.62. The lowest BCUT2D eigenvalue weighted by molar-refractivity contribution is -0.144. The van der Waals surface area contributed by atoms with E-state index in [1.54, 1.807) is 17.8 Å². The Morgan fingerprint density at radius 3 is 2.19 bits per heavy atom. The molecular formula is C19H17F2NO3S. The van der Waals surface area contributed by atoms with Gasteiger partial charge in [0.05, 0.1) is 5.56 Å². The molecule has 2 aromatic rings. The molecule has 0 atom stereocenters. The SMILES string of the molecule is O=C(NC1(C(=O)O)CCSCC1)c1ccc(-c2ccc(F)cc2)cc1F. The lowest BCUT2D eigenvalue weighted by Crippen LogP contribution is -2.56. The highest BCUT2D eigenvalue weighted by atomic mass is 32.2. The van der Waals surface area contributed by atoms with Crippen LogP contribution in [0.2, 0.25) is 0 Å². The van der Waals surface area contributed by atoms with Crippen molar-refractivity contribution in [2.24, 2.45) is 0 Å². The van der Waals surface area contributed by atoms with Crippen molar-refractivity contribution in [3.63, 3.8) is 0 Å². The largest absolute Gasteiger partial charge is 0.480 e. The first-order valence-corrected chi connectivity index (χ1v) is 9.26. The van der Waals surface area contributed by atoms with Crippen molar-refractivity contribution in [1.29, 1.82) is 0 Å². The Morgan fingerprint density at radius 2 is 1.62 bits per heavy atom. The molecule has 0 bridgehead atoms. The molecule has 1 heterocycles. The van der Waals surface area contributed by atoms with Crippen LogP contribution in [0.15, 0.2) is 42.5 Å². The Labute approximate surface area is 153 Å². The number of nitrogens with one attached hydrogen (secondary N) is 1. The minimum Gasteiger partial charge on any atom is -0.480 e. The molecule has 3 rings (SSSR count). The summed E-state index contributed by atoms with van der Waals surface area (Å²) in [5.41, 5.74) is -0.455. The Hall–Kier alpha value is -2.41. The van der Waals surface area contributed by atoms with Gasteiger partial charge in [0.25, 0.3) is 5.91 Å². The van der Waals surface area contributed by atoms with Crippen LogP contribution >= 0.6 is 11.8 Å². The van der Waals surface area contributed by atoms with Crippen molar-refractivity contribution >= 4 is 23.6 Å². The second-order valence-corrected chi connectivity index (χ2v) is 7.38. The zero-order chi connectivity index (χ0) is 18.7. The van der Waals surface area contributed by atoms with Gasteiger partial charge in [-0.15, -0.1) is 0 Å². The van der Waals surface area contributed by atoms with Crippen molar-refractivity contribution < 1.29 is 23.5 Å². The number of amides is 1. The van der Waals surface area contributed by atoms with Gasteiger partial charge in [0.1, 0.15) is 17.2 Å². The number of carbonyl (C=O) groups excluding carboxylic acids is 1. The average molecular weight is 377 g/mol. The third kappa shape index (κ3) is 3.72. The second-order valence-electron chi connectivity index (χ2n) is 6.16. The van der Waals surface area contributed by atoms with Crippen molar-refractivity contribution in [3.8, 4) is 11.1 Å². The molecule has 1 aliphatic rings. The van der Waals surface area contributed by atoms with E-state index < -0.39 is 29.0 Å². The topological polar surface area (TPSA) is 66.4 Å². The molecule has 1 fully saturated rings. The van der Waals surface area contributed by atoms with Crippen LogP contribution in [0, 0.1) is 11.6 Å². The van der Waals surface area contributed by atoms with Gasteiger partial charge in [-0.25, -0.2) is 13.6 Å². The number of benzene rings is 2. The number of carbonyl (C=O) groups is 2. The van der Waals surface area contributed by atoms with Crippen molar-refractivity contribution in [3.05, 3.63) is 59.7 Å². The number of aliphatic carboxylic acids is 1. The summed E-state index contributed by atoms with van der Waals surface area (Å²) in [6, 6.07) is 9.63. The Balaban J connectivity index is 1.83. The highest BCUT2D eigenvalue weighted by molar-refractivity contribution is 7.99. The Morgan fingerprint density at radius 1 is 1.00 bits per heavy atom. The molecule has 0 spiro atoms. The van der Waals surface area contributed by atoms with Crippen molar-refractivity contribution in [1.82, 2.24) is 5.32 Å². The van der Waals surface area contributed by atoms with E-state index in [1.807, 2.05) is 0 Å². The van der Waals surface area contributed by atoms with Gasteiger partial charge in [0, 0.05) is 0 Å². The first-order valence-electron chi connectivity index (χ1n) is 8.10. The number of thioether (sulfide) groups is 1. The summed E-state index contributed by atoms with van der Waals surface area (Å²) in [7, 11) is 0. The standard InChI is InChI=1S/C19H17F2NO3S/c20-14-4-1-12(2-5-14)13-3-6-15(16(21)11-13)17(23)22-19(18(24)25)7-9-26-10-8-19/h1-6,11H,7-10H2,(H,22,23)(H,24,25). The number of carboxylic acids is 1. The van der Waals surface area contributed by atoms with E-state index in [0.29, 0.717) is 35.5 Å². The summed E-state index contributed by atoms with van der Waals surface area (Å²) in [6.07, 6.45) is 0.599. The molecule has 1 aliphatic heterocycles. The molecular weight excluding hydrogens is 360 g/mol. The molecule has 1 saturated heterocycles. The Bertz CT molecular complexity index is 833. The van der Waals surface area contributed by atoms with E-state index in [4.69, 9.17) is 0 Å². The van der Waals surface area contributed by atoms with Crippen molar-refractivity contribution in [2.45, 2.75) is 18.4 Å². The van der Waals surface area contributed by atoms with Gasteiger partial charge >= 0.3 is 5.97 Å². The predicted octanol–water partition coefficient (Wildman–Crippen LogP) is 3.71. The number of hydrogen-bond donors (Lipinski definition) is 2. The molecule has 0 aromatic heterocycles. The first-order chi connectivity index (χ1) is 12.4. The zero-order valence-corrected chi connectivity index (χ0v) is 14.6. The Kier molecular flexibility index (Phi) is 5.27. The van der Waals surface area contributed by atoms with Crippen LogP contribution in [0.25, 0.3) is 11.1 Å². The molecule has 0 radical (unpaired) electrons. The van der Waals surface area contributed by atoms with Gasteiger partial charge in [-0.2, -0.15) is 11.8 Å². The molecule has 2 N–H and O–H groups in total. The fourth-order valence-corrected chi connectivity index (χ4v) is 4.11. The van der Waals surface area contributed by atoms with Crippen molar-refractivity contribution in [2.75, 3.05) is 11.5 Å².